The Morgan fingerprint density at radius 3 is 3.29 bits per heavy atom. The molecule has 5 nitrogen and oxygen atoms in total. The Morgan fingerprint density at radius 1 is 1.53 bits per heavy atom. The van der Waals surface area contributed by atoms with Crippen molar-refractivity contribution in [1.82, 2.24) is 15.5 Å². The van der Waals surface area contributed by atoms with Crippen LogP contribution in [-0.2, 0) is 11.2 Å². The van der Waals surface area contributed by atoms with Gasteiger partial charge in [0.2, 0.25) is 11.7 Å². The van der Waals surface area contributed by atoms with E-state index in [9.17, 15) is 0 Å². The summed E-state index contributed by atoms with van der Waals surface area (Å²) in [6.07, 6.45) is 0.719. The van der Waals surface area contributed by atoms with Crippen LogP contribution in [0.15, 0.2) is 21.3 Å². The number of ether oxygens (including phenoxy) is 1. The summed E-state index contributed by atoms with van der Waals surface area (Å²) in [6, 6.07) is 2.26. The van der Waals surface area contributed by atoms with Crippen LogP contribution in [0.25, 0.3) is 11.4 Å². The van der Waals surface area contributed by atoms with E-state index in [4.69, 9.17) is 9.26 Å². The minimum absolute atomic E-state index is 0.277. The lowest BCUT2D eigenvalue weighted by Crippen LogP contribution is -2.42. The number of hydrogen-bond acceptors (Lipinski definition) is 6. The molecule has 0 spiro atoms. The molecular formula is C11H13N3O2S. The van der Waals surface area contributed by atoms with E-state index in [1.807, 2.05) is 16.8 Å². The molecule has 1 saturated heterocycles. The molecule has 2 aromatic heterocycles. The van der Waals surface area contributed by atoms with Crippen LogP contribution in [0.3, 0.4) is 0 Å². The first-order valence-electron chi connectivity index (χ1n) is 5.58. The summed E-state index contributed by atoms with van der Waals surface area (Å²) < 4.78 is 10.6. The molecule has 1 aliphatic heterocycles. The zero-order valence-electron chi connectivity index (χ0n) is 9.26. The Bertz CT molecular complexity index is 463. The highest BCUT2D eigenvalue weighted by atomic mass is 32.1. The summed E-state index contributed by atoms with van der Waals surface area (Å²) in [7, 11) is 0. The van der Waals surface area contributed by atoms with Crippen molar-refractivity contribution in [1.29, 1.82) is 0 Å². The number of rotatable bonds is 3. The fourth-order valence-corrected chi connectivity index (χ4v) is 2.44. The summed E-state index contributed by atoms with van der Waals surface area (Å²) in [5.74, 6) is 1.33. The van der Waals surface area contributed by atoms with Gasteiger partial charge in [-0.15, -0.1) is 0 Å². The molecule has 1 atom stereocenters. The topological polar surface area (TPSA) is 60.2 Å². The van der Waals surface area contributed by atoms with Gasteiger partial charge in [-0.05, 0) is 11.4 Å². The molecule has 2 aromatic rings. The fourth-order valence-electron chi connectivity index (χ4n) is 1.81. The van der Waals surface area contributed by atoms with Crippen molar-refractivity contribution in [2.45, 2.75) is 12.5 Å². The van der Waals surface area contributed by atoms with Crippen LogP contribution in [0.1, 0.15) is 5.89 Å². The third-order valence-corrected chi connectivity index (χ3v) is 3.35. The van der Waals surface area contributed by atoms with Gasteiger partial charge in [-0.3, -0.25) is 0 Å². The van der Waals surface area contributed by atoms with Gasteiger partial charge in [0.1, 0.15) is 0 Å². The fraction of sp³-hybridized carbons (Fsp3) is 0.455. The number of morpholine rings is 1. The minimum atomic E-state index is 0.277. The maximum Gasteiger partial charge on any atom is 0.228 e. The number of hydrogen-bond donors (Lipinski definition) is 1. The molecule has 17 heavy (non-hydrogen) atoms. The van der Waals surface area contributed by atoms with E-state index in [1.54, 1.807) is 11.3 Å². The molecule has 0 aromatic carbocycles. The lowest BCUT2D eigenvalue weighted by atomic mass is 10.2. The van der Waals surface area contributed by atoms with Crippen LogP contribution in [0.2, 0.25) is 0 Å². The molecule has 3 rings (SSSR count). The van der Waals surface area contributed by atoms with Crippen molar-refractivity contribution in [3.63, 3.8) is 0 Å². The second-order valence-electron chi connectivity index (χ2n) is 3.95. The molecule has 6 heteroatoms. The van der Waals surface area contributed by atoms with E-state index in [2.05, 4.69) is 15.5 Å². The maximum atomic E-state index is 5.38. The third kappa shape index (κ3) is 2.54. The zero-order chi connectivity index (χ0) is 11.5. The van der Waals surface area contributed by atoms with Crippen molar-refractivity contribution in [3.05, 3.63) is 22.7 Å². The predicted octanol–water partition coefficient (Wildman–Crippen LogP) is 1.33. The van der Waals surface area contributed by atoms with Gasteiger partial charge >= 0.3 is 0 Å². The van der Waals surface area contributed by atoms with Crippen LogP contribution >= 0.6 is 11.3 Å². The number of nitrogens with zero attached hydrogens (tertiary/aromatic N) is 2. The Labute approximate surface area is 103 Å². The Kier molecular flexibility index (Phi) is 3.17. The highest BCUT2D eigenvalue weighted by Crippen LogP contribution is 2.19. The molecule has 1 aliphatic rings. The molecule has 0 amide bonds. The van der Waals surface area contributed by atoms with Crippen LogP contribution in [-0.4, -0.2) is 35.9 Å². The second kappa shape index (κ2) is 4.95. The van der Waals surface area contributed by atoms with E-state index in [0.717, 1.165) is 25.1 Å². The summed E-state index contributed by atoms with van der Waals surface area (Å²) >= 11 is 1.63. The van der Waals surface area contributed by atoms with Crippen molar-refractivity contribution >= 4 is 11.3 Å². The molecule has 0 radical (unpaired) electrons. The molecule has 0 saturated carbocycles. The summed E-state index contributed by atoms with van der Waals surface area (Å²) in [4.78, 5) is 4.38. The second-order valence-corrected chi connectivity index (χ2v) is 4.73. The predicted molar refractivity (Wildman–Crippen MR) is 63.9 cm³/mol. The molecule has 1 unspecified atom stereocenters. The van der Waals surface area contributed by atoms with Gasteiger partial charge in [0.15, 0.2) is 0 Å². The van der Waals surface area contributed by atoms with E-state index < -0.39 is 0 Å². The first kappa shape index (κ1) is 10.9. The van der Waals surface area contributed by atoms with Gasteiger partial charge in [0.25, 0.3) is 0 Å². The largest absolute Gasteiger partial charge is 0.378 e. The lowest BCUT2D eigenvalue weighted by Gasteiger charge is -2.22. The highest BCUT2D eigenvalue weighted by molar-refractivity contribution is 7.08. The average molecular weight is 251 g/mol. The Hall–Kier alpha value is -1.24. The number of aromatic nitrogens is 2. The smallest absolute Gasteiger partial charge is 0.228 e. The van der Waals surface area contributed by atoms with E-state index >= 15 is 0 Å². The first-order chi connectivity index (χ1) is 8.42. The average Bonchev–Trinajstić information content (AvgIpc) is 3.00. The molecular weight excluding hydrogens is 238 g/mol. The SMILES string of the molecule is c1cc(-c2noc(CC3COCCN3)n2)cs1. The molecule has 0 bridgehead atoms. The first-order valence-corrected chi connectivity index (χ1v) is 6.52. The van der Waals surface area contributed by atoms with Gasteiger partial charge in [-0.25, -0.2) is 0 Å². The van der Waals surface area contributed by atoms with Crippen molar-refractivity contribution in [2.24, 2.45) is 0 Å². The van der Waals surface area contributed by atoms with E-state index in [0.29, 0.717) is 18.3 Å². The van der Waals surface area contributed by atoms with Crippen molar-refractivity contribution in [2.75, 3.05) is 19.8 Å². The molecule has 1 fully saturated rings. The monoisotopic (exact) mass is 251 g/mol. The molecule has 1 N–H and O–H groups in total. The van der Waals surface area contributed by atoms with Crippen LogP contribution < -0.4 is 5.32 Å². The van der Waals surface area contributed by atoms with E-state index in [1.165, 1.54) is 0 Å². The van der Waals surface area contributed by atoms with Crippen molar-refractivity contribution in [3.8, 4) is 11.4 Å². The Morgan fingerprint density at radius 2 is 2.53 bits per heavy atom. The summed E-state index contributed by atoms with van der Waals surface area (Å²) in [5, 5.41) is 11.3. The van der Waals surface area contributed by atoms with Gasteiger partial charge in [-0.2, -0.15) is 16.3 Å². The molecule has 3 heterocycles. The quantitative estimate of drug-likeness (QED) is 0.891. The molecule has 0 aliphatic carbocycles. The van der Waals surface area contributed by atoms with Crippen LogP contribution in [0.4, 0.5) is 0 Å². The number of nitrogens with one attached hydrogen (secondary N) is 1. The normalized spacial score (nSPS) is 20.6. The summed E-state index contributed by atoms with van der Waals surface area (Å²) in [5.41, 5.74) is 1.01. The summed E-state index contributed by atoms with van der Waals surface area (Å²) in [6.45, 7) is 2.37. The van der Waals surface area contributed by atoms with Gasteiger partial charge in [0, 0.05) is 30.0 Å². The van der Waals surface area contributed by atoms with Gasteiger partial charge in [0.05, 0.1) is 13.2 Å². The van der Waals surface area contributed by atoms with Crippen molar-refractivity contribution < 1.29 is 9.26 Å². The van der Waals surface area contributed by atoms with Gasteiger partial charge in [-0.1, -0.05) is 5.16 Å². The Balaban J connectivity index is 1.68. The van der Waals surface area contributed by atoms with Crippen LogP contribution in [0.5, 0.6) is 0 Å². The maximum absolute atomic E-state index is 5.38. The zero-order valence-corrected chi connectivity index (χ0v) is 10.1. The highest BCUT2D eigenvalue weighted by Gasteiger charge is 2.17. The standard InChI is InChI=1S/C11H13N3O2S/c1-4-17-7-8(1)11-13-10(16-14-11)5-9-6-15-3-2-12-9/h1,4,7,9,12H,2-3,5-6H2. The minimum Gasteiger partial charge on any atom is -0.378 e. The molecule has 90 valence electrons. The third-order valence-electron chi connectivity index (χ3n) is 2.67. The number of thiophene rings is 1. The van der Waals surface area contributed by atoms with Gasteiger partial charge < -0.3 is 14.6 Å². The lowest BCUT2D eigenvalue weighted by molar-refractivity contribution is 0.0744. The van der Waals surface area contributed by atoms with Crippen LogP contribution in [0, 0.1) is 0 Å². The van der Waals surface area contributed by atoms with E-state index in [-0.39, 0.29) is 6.04 Å².